The lowest BCUT2D eigenvalue weighted by atomic mass is 10.1. The van der Waals surface area contributed by atoms with Gasteiger partial charge in [-0.3, -0.25) is 4.40 Å². The van der Waals surface area contributed by atoms with Gasteiger partial charge in [0.05, 0.1) is 15.9 Å². The first-order valence-electron chi connectivity index (χ1n) is 7.27. The van der Waals surface area contributed by atoms with Crippen molar-refractivity contribution in [3.05, 3.63) is 59.2 Å². The minimum Gasteiger partial charge on any atom is -0.368 e. The molecular formula is C17H15N5S. The van der Waals surface area contributed by atoms with Gasteiger partial charge in [-0.05, 0) is 49.2 Å². The number of anilines is 1. The smallest absolute Gasteiger partial charge is 0.240 e. The molecule has 0 fully saturated rings. The molecule has 4 aromatic rings. The van der Waals surface area contributed by atoms with Gasteiger partial charge in [-0.2, -0.15) is 9.97 Å². The quantitative estimate of drug-likeness (QED) is 0.584. The van der Waals surface area contributed by atoms with Gasteiger partial charge < -0.3 is 5.73 Å². The van der Waals surface area contributed by atoms with Crippen LogP contribution >= 0.6 is 11.3 Å². The van der Waals surface area contributed by atoms with Crippen LogP contribution in [-0.2, 0) is 0 Å². The van der Waals surface area contributed by atoms with Gasteiger partial charge >= 0.3 is 0 Å². The highest BCUT2D eigenvalue weighted by Gasteiger charge is 2.10. The fraction of sp³-hybridized carbons (Fsp3) is 0.118. The molecule has 6 heteroatoms. The van der Waals surface area contributed by atoms with Crippen molar-refractivity contribution in [1.29, 1.82) is 0 Å². The van der Waals surface area contributed by atoms with Crippen molar-refractivity contribution in [3.8, 4) is 0 Å². The van der Waals surface area contributed by atoms with E-state index in [2.05, 4.69) is 40.9 Å². The number of aryl methyl sites for hydroxylation is 2. The Morgan fingerprint density at radius 1 is 1.04 bits per heavy atom. The highest BCUT2D eigenvalue weighted by atomic mass is 32.1. The molecule has 0 spiro atoms. The van der Waals surface area contributed by atoms with Gasteiger partial charge in [0.25, 0.3) is 0 Å². The van der Waals surface area contributed by atoms with Crippen LogP contribution in [0.2, 0.25) is 0 Å². The number of hydrogen-bond acceptors (Lipinski definition) is 5. The lowest BCUT2D eigenvalue weighted by Gasteiger charge is -2.01. The first-order chi connectivity index (χ1) is 11.1. The van der Waals surface area contributed by atoms with Crippen molar-refractivity contribution >= 4 is 38.2 Å². The number of nitrogens with two attached hydrogens (primary N) is 1. The Bertz CT molecular complexity index is 1090. The molecule has 2 aromatic heterocycles. The van der Waals surface area contributed by atoms with Gasteiger partial charge in [-0.15, -0.1) is 0 Å². The van der Waals surface area contributed by atoms with Crippen molar-refractivity contribution in [2.45, 2.75) is 13.8 Å². The summed E-state index contributed by atoms with van der Waals surface area (Å²) < 4.78 is 3.12. The Kier molecular flexibility index (Phi) is 3.12. The standard InChI is InChI=1S/C17H15N5S/c1-10-8-13-14(9-11(10)2)23-17-21-15(18)20-16(22(13)17)19-12-6-4-3-5-7-12/h3-9H,1-2H3,(H2,18,19,20). The van der Waals surface area contributed by atoms with E-state index >= 15 is 0 Å². The van der Waals surface area contributed by atoms with Crippen molar-refractivity contribution in [2.75, 3.05) is 5.73 Å². The number of nitrogens with zero attached hydrogens (tertiary/aromatic N) is 4. The molecule has 4 rings (SSSR count). The van der Waals surface area contributed by atoms with E-state index < -0.39 is 0 Å². The number of para-hydroxylation sites is 1. The average molecular weight is 321 g/mol. The predicted octanol–water partition coefficient (Wildman–Crippen LogP) is 3.38. The molecule has 114 valence electrons. The summed E-state index contributed by atoms with van der Waals surface area (Å²) >= 11 is 1.60. The fourth-order valence-electron chi connectivity index (χ4n) is 2.51. The molecule has 0 atom stereocenters. The SMILES string of the molecule is Cc1cc2sc3nc(N)n/c(=N\c4ccccc4)n3c2cc1C. The van der Waals surface area contributed by atoms with Crippen LogP contribution in [0.15, 0.2) is 47.5 Å². The number of rotatable bonds is 1. The Balaban J connectivity index is 2.15. The van der Waals surface area contributed by atoms with Gasteiger partial charge in [0, 0.05) is 0 Å². The second-order valence-electron chi connectivity index (χ2n) is 5.45. The van der Waals surface area contributed by atoms with E-state index in [-0.39, 0.29) is 5.95 Å². The molecule has 2 N–H and O–H groups in total. The zero-order valence-corrected chi connectivity index (χ0v) is 13.6. The van der Waals surface area contributed by atoms with E-state index in [9.17, 15) is 0 Å². The van der Waals surface area contributed by atoms with Crippen LogP contribution in [0.5, 0.6) is 0 Å². The number of hydrogen-bond donors (Lipinski definition) is 1. The molecule has 0 aliphatic carbocycles. The third kappa shape index (κ3) is 2.37. The number of fused-ring (bicyclic) bond motifs is 3. The van der Waals surface area contributed by atoms with E-state index in [1.807, 2.05) is 34.7 Å². The third-order valence-electron chi connectivity index (χ3n) is 3.82. The van der Waals surface area contributed by atoms with Crippen molar-refractivity contribution in [3.63, 3.8) is 0 Å². The molecule has 23 heavy (non-hydrogen) atoms. The van der Waals surface area contributed by atoms with E-state index in [1.165, 1.54) is 11.1 Å². The van der Waals surface area contributed by atoms with Crippen molar-refractivity contribution < 1.29 is 0 Å². The molecule has 0 aliphatic heterocycles. The van der Waals surface area contributed by atoms with Crippen LogP contribution in [0, 0.1) is 13.8 Å². The Morgan fingerprint density at radius 2 is 1.78 bits per heavy atom. The minimum atomic E-state index is 0.236. The van der Waals surface area contributed by atoms with E-state index in [0.29, 0.717) is 5.62 Å². The van der Waals surface area contributed by atoms with Gasteiger partial charge in [-0.1, -0.05) is 29.5 Å². The van der Waals surface area contributed by atoms with Gasteiger partial charge in [0.2, 0.25) is 16.5 Å². The molecule has 0 saturated carbocycles. The molecule has 0 saturated heterocycles. The Hall–Kier alpha value is -2.73. The molecule has 2 aromatic carbocycles. The Morgan fingerprint density at radius 3 is 2.57 bits per heavy atom. The van der Waals surface area contributed by atoms with Crippen LogP contribution < -0.4 is 11.4 Å². The first-order valence-corrected chi connectivity index (χ1v) is 8.09. The number of aromatic nitrogens is 3. The van der Waals surface area contributed by atoms with Crippen LogP contribution in [0.3, 0.4) is 0 Å². The molecule has 0 radical (unpaired) electrons. The summed E-state index contributed by atoms with van der Waals surface area (Å²) in [5, 5.41) is 0. The summed E-state index contributed by atoms with van der Waals surface area (Å²) in [6.07, 6.45) is 0. The summed E-state index contributed by atoms with van der Waals surface area (Å²) in [4.78, 5) is 14.1. The summed E-state index contributed by atoms with van der Waals surface area (Å²) in [6.45, 7) is 4.21. The predicted molar refractivity (Wildman–Crippen MR) is 93.9 cm³/mol. The monoisotopic (exact) mass is 321 g/mol. The molecule has 0 aliphatic rings. The van der Waals surface area contributed by atoms with E-state index in [1.54, 1.807) is 11.3 Å². The lowest BCUT2D eigenvalue weighted by molar-refractivity contribution is 0.947. The lowest BCUT2D eigenvalue weighted by Crippen LogP contribution is -2.20. The van der Waals surface area contributed by atoms with Crippen LogP contribution in [0.25, 0.3) is 15.2 Å². The summed E-state index contributed by atoms with van der Waals surface area (Å²) in [5.41, 5.74) is 10.8. The van der Waals surface area contributed by atoms with Crippen LogP contribution in [0.4, 0.5) is 11.6 Å². The zero-order chi connectivity index (χ0) is 16.0. The summed E-state index contributed by atoms with van der Waals surface area (Å²) in [7, 11) is 0. The summed E-state index contributed by atoms with van der Waals surface area (Å²) in [5.74, 6) is 0.236. The van der Waals surface area contributed by atoms with Crippen molar-refractivity contribution in [2.24, 2.45) is 4.99 Å². The molecule has 2 heterocycles. The van der Waals surface area contributed by atoms with Gasteiger partial charge in [0.1, 0.15) is 0 Å². The Labute approximate surface area is 136 Å². The number of nitrogen functional groups attached to an aromatic ring is 1. The minimum absolute atomic E-state index is 0.236. The normalized spacial score (nSPS) is 12.3. The zero-order valence-electron chi connectivity index (χ0n) is 12.8. The van der Waals surface area contributed by atoms with Crippen LogP contribution in [0.1, 0.15) is 11.1 Å². The number of benzene rings is 2. The van der Waals surface area contributed by atoms with E-state index in [4.69, 9.17) is 5.73 Å². The maximum absolute atomic E-state index is 5.87. The highest BCUT2D eigenvalue weighted by molar-refractivity contribution is 7.23. The summed E-state index contributed by atoms with van der Waals surface area (Å²) in [6, 6.07) is 14.1. The van der Waals surface area contributed by atoms with Gasteiger partial charge in [-0.25, -0.2) is 4.99 Å². The van der Waals surface area contributed by atoms with Crippen LogP contribution in [-0.4, -0.2) is 14.4 Å². The first kappa shape index (κ1) is 13.9. The molecule has 0 bridgehead atoms. The maximum Gasteiger partial charge on any atom is 0.240 e. The molecule has 0 unspecified atom stereocenters. The molecule has 5 nitrogen and oxygen atoms in total. The maximum atomic E-state index is 5.87. The highest BCUT2D eigenvalue weighted by Crippen LogP contribution is 2.27. The fourth-order valence-corrected chi connectivity index (χ4v) is 3.61. The van der Waals surface area contributed by atoms with Crippen molar-refractivity contribution in [1.82, 2.24) is 14.4 Å². The molecule has 0 amide bonds. The second kappa shape index (κ2) is 5.17. The van der Waals surface area contributed by atoms with E-state index in [0.717, 1.165) is 20.9 Å². The number of thiazole rings is 1. The van der Waals surface area contributed by atoms with Gasteiger partial charge in [0.15, 0.2) is 0 Å². The second-order valence-corrected chi connectivity index (χ2v) is 6.46. The average Bonchev–Trinajstić information content (AvgIpc) is 2.86. The molecular weight excluding hydrogens is 306 g/mol. The largest absolute Gasteiger partial charge is 0.368 e. The third-order valence-corrected chi connectivity index (χ3v) is 4.82. The topological polar surface area (TPSA) is 68.6 Å².